The topological polar surface area (TPSA) is 95.4 Å². The molecule has 1 fully saturated rings. The van der Waals surface area contributed by atoms with Gasteiger partial charge < -0.3 is 15.3 Å². The van der Waals surface area contributed by atoms with Gasteiger partial charge in [-0.25, -0.2) is 9.18 Å². The summed E-state index contributed by atoms with van der Waals surface area (Å²) in [6, 6.07) is 2.94. The van der Waals surface area contributed by atoms with Gasteiger partial charge in [0.05, 0.1) is 5.69 Å². The molecule has 2 aromatic rings. The van der Waals surface area contributed by atoms with E-state index in [1.807, 2.05) is 4.90 Å². The summed E-state index contributed by atoms with van der Waals surface area (Å²) in [5.41, 5.74) is 3.43. The van der Waals surface area contributed by atoms with Crippen LogP contribution in [0.2, 0.25) is 0 Å². The average molecular weight is 454 g/mol. The fourth-order valence-electron chi connectivity index (χ4n) is 3.84. The van der Waals surface area contributed by atoms with Crippen LogP contribution in [-0.4, -0.2) is 57.7 Å². The molecule has 1 aromatic heterocycles. The Balaban J connectivity index is 0.000000360. The molecule has 0 aliphatic carbocycles. The van der Waals surface area contributed by atoms with Crippen molar-refractivity contribution in [3.05, 3.63) is 58.9 Å². The molecule has 1 saturated heterocycles. The smallest absolute Gasteiger partial charge is 0.475 e. The summed E-state index contributed by atoms with van der Waals surface area (Å²) >= 11 is 0. The molecule has 0 spiro atoms. The molecule has 4 rings (SSSR count). The van der Waals surface area contributed by atoms with Gasteiger partial charge in [-0.3, -0.25) is 14.8 Å². The van der Waals surface area contributed by atoms with Gasteiger partial charge in [-0.05, 0) is 49.1 Å². The first kappa shape index (κ1) is 23.6. The highest BCUT2D eigenvalue weighted by atomic mass is 19.4. The lowest BCUT2D eigenvalue weighted by Crippen LogP contribution is -2.39. The summed E-state index contributed by atoms with van der Waals surface area (Å²) in [6.45, 7) is 2.79. The van der Waals surface area contributed by atoms with Crippen LogP contribution in [0.1, 0.15) is 45.9 Å². The predicted octanol–water partition coefficient (Wildman–Crippen LogP) is 2.91. The molecule has 2 aliphatic rings. The van der Waals surface area contributed by atoms with Crippen LogP contribution in [0.4, 0.5) is 17.6 Å². The Morgan fingerprint density at radius 2 is 1.84 bits per heavy atom. The number of hydrogen-bond donors (Lipinski definition) is 2. The van der Waals surface area contributed by atoms with Crippen LogP contribution < -0.4 is 5.32 Å². The van der Waals surface area contributed by atoms with Crippen LogP contribution in [0.5, 0.6) is 0 Å². The maximum atomic E-state index is 14.0. The first-order valence-electron chi connectivity index (χ1n) is 10.0. The number of carboxylic acids is 1. The van der Waals surface area contributed by atoms with E-state index in [1.54, 1.807) is 24.7 Å². The van der Waals surface area contributed by atoms with Gasteiger partial charge in [0, 0.05) is 49.7 Å². The number of rotatable bonds is 2. The number of alkyl halides is 3. The quantitative estimate of drug-likeness (QED) is 0.678. The van der Waals surface area contributed by atoms with Crippen molar-refractivity contribution >= 4 is 11.9 Å². The van der Waals surface area contributed by atoms with Crippen LogP contribution in [0, 0.1) is 5.82 Å². The van der Waals surface area contributed by atoms with Crippen LogP contribution in [-0.2, 0) is 17.8 Å². The second-order valence-electron chi connectivity index (χ2n) is 7.52. The lowest BCUT2D eigenvalue weighted by atomic mass is 9.91. The van der Waals surface area contributed by atoms with E-state index in [1.165, 1.54) is 6.07 Å². The van der Waals surface area contributed by atoms with Crippen molar-refractivity contribution in [3.63, 3.8) is 0 Å². The van der Waals surface area contributed by atoms with Crippen LogP contribution in [0.25, 0.3) is 0 Å². The van der Waals surface area contributed by atoms with E-state index in [-0.39, 0.29) is 11.7 Å². The Morgan fingerprint density at radius 1 is 1.16 bits per heavy atom. The molecule has 0 saturated carbocycles. The molecular formula is C21H22F4N4O3. The standard InChI is InChI=1S/C19H21FN4O.C2HF3O2/c20-15-9-14-11-21-4-1-16(14)17(10-15)19(25)24-7-2-13(3-8-24)18-12-22-5-6-23-18;3-2(4,5)1(6)7/h5-6,9-10,12-13,21H,1-4,7-8,11H2;(H,6,7). The van der Waals surface area contributed by atoms with Crippen LogP contribution in [0.15, 0.2) is 30.7 Å². The van der Waals surface area contributed by atoms with Gasteiger partial charge in [-0.2, -0.15) is 13.2 Å². The Morgan fingerprint density at radius 3 is 2.44 bits per heavy atom. The SMILES string of the molecule is O=C(O)C(F)(F)F.O=C(c1cc(F)cc2c1CCNC2)N1CCC(c2cnccn2)CC1. The fraction of sp³-hybridized carbons (Fsp3) is 0.429. The first-order chi connectivity index (χ1) is 15.2. The Bertz CT molecular complexity index is 962. The number of likely N-dealkylation sites (tertiary alicyclic amines) is 1. The Hall–Kier alpha value is -3.08. The molecule has 7 nitrogen and oxygen atoms in total. The van der Waals surface area contributed by atoms with E-state index in [0.717, 1.165) is 42.6 Å². The largest absolute Gasteiger partial charge is 0.490 e. The lowest BCUT2D eigenvalue weighted by Gasteiger charge is -2.32. The number of carbonyl (C=O) groups excluding carboxylic acids is 1. The second kappa shape index (κ2) is 10.0. The average Bonchev–Trinajstić information content (AvgIpc) is 2.78. The molecule has 0 bridgehead atoms. The van der Waals surface area contributed by atoms with Gasteiger partial charge in [-0.15, -0.1) is 0 Å². The third-order valence-electron chi connectivity index (χ3n) is 5.43. The second-order valence-corrected chi connectivity index (χ2v) is 7.52. The number of carbonyl (C=O) groups is 2. The van der Waals surface area contributed by atoms with E-state index < -0.39 is 12.1 Å². The first-order valence-corrected chi connectivity index (χ1v) is 10.0. The molecule has 1 aromatic carbocycles. The summed E-state index contributed by atoms with van der Waals surface area (Å²) in [4.78, 5) is 32.2. The number of piperidine rings is 1. The number of hydrogen-bond acceptors (Lipinski definition) is 5. The third kappa shape index (κ3) is 5.78. The summed E-state index contributed by atoms with van der Waals surface area (Å²) in [7, 11) is 0. The minimum absolute atomic E-state index is 0.0461. The zero-order valence-electron chi connectivity index (χ0n) is 17.0. The maximum absolute atomic E-state index is 14.0. The molecule has 3 heterocycles. The number of halogens is 4. The maximum Gasteiger partial charge on any atom is 0.490 e. The lowest BCUT2D eigenvalue weighted by molar-refractivity contribution is -0.192. The number of benzene rings is 1. The van der Waals surface area contributed by atoms with Crippen molar-refractivity contribution in [2.24, 2.45) is 0 Å². The van der Waals surface area contributed by atoms with Crippen LogP contribution >= 0.6 is 0 Å². The zero-order valence-corrected chi connectivity index (χ0v) is 17.0. The summed E-state index contributed by atoms with van der Waals surface area (Å²) in [5.74, 6) is -2.80. The highest BCUT2D eigenvalue weighted by Crippen LogP contribution is 2.28. The summed E-state index contributed by atoms with van der Waals surface area (Å²) in [6.07, 6.45) is 2.60. The van der Waals surface area contributed by atoms with Crippen molar-refractivity contribution < 1.29 is 32.3 Å². The van der Waals surface area contributed by atoms with Gasteiger partial charge in [0.2, 0.25) is 0 Å². The van der Waals surface area contributed by atoms with Crippen molar-refractivity contribution in [1.29, 1.82) is 0 Å². The minimum Gasteiger partial charge on any atom is -0.475 e. The third-order valence-corrected chi connectivity index (χ3v) is 5.43. The van der Waals surface area contributed by atoms with E-state index in [4.69, 9.17) is 9.90 Å². The van der Waals surface area contributed by atoms with Crippen molar-refractivity contribution in [1.82, 2.24) is 20.2 Å². The molecule has 2 N–H and O–H groups in total. The molecule has 0 atom stereocenters. The van der Waals surface area contributed by atoms with Gasteiger partial charge in [0.1, 0.15) is 5.82 Å². The van der Waals surface area contributed by atoms with Gasteiger partial charge in [0.25, 0.3) is 5.91 Å². The summed E-state index contributed by atoms with van der Waals surface area (Å²) < 4.78 is 45.7. The van der Waals surface area contributed by atoms with Crippen molar-refractivity contribution in [3.8, 4) is 0 Å². The molecular weight excluding hydrogens is 432 g/mol. The van der Waals surface area contributed by atoms with Crippen LogP contribution in [0.3, 0.4) is 0 Å². The number of nitrogens with one attached hydrogen (secondary N) is 1. The highest BCUT2D eigenvalue weighted by molar-refractivity contribution is 5.96. The zero-order chi connectivity index (χ0) is 23.3. The molecule has 0 unspecified atom stereocenters. The monoisotopic (exact) mass is 454 g/mol. The molecule has 11 heteroatoms. The molecule has 2 aliphatic heterocycles. The fourth-order valence-corrected chi connectivity index (χ4v) is 3.84. The van der Waals surface area contributed by atoms with E-state index in [0.29, 0.717) is 31.1 Å². The Labute approximate surface area is 181 Å². The molecule has 0 radical (unpaired) electrons. The number of amides is 1. The number of aliphatic carboxylic acids is 1. The Kier molecular flexibility index (Phi) is 7.39. The highest BCUT2D eigenvalue weighted by Gasteiger charge is 2.38. The van der Waals surface area contributed by atoms with E-state index in [2.05, 4.69) is 15.3 Å². The molecule has 172 valence electrons. The van der Waals surface area contributed by atoms with Gasteiger partial charge >= 0.3 is 12.1 Å². The van der Waals surface area contributed by atoms with Gasteiger partial charge in [0.15, 0.2) is 0 Å². The number of nitrogens with zero attached hydrogens (tertiary/aromatic N) is 3. The predicted molar refractivity (Wildman–Crippen MR) is 105 cm³/mol. The number of fused-ring (bicyclic) bond motifs is 1. The normalized spacial score (nSPS) is 16.6. The van der Waals surface area contributed by atoms with Gasteiger partial charge in [-0.1, -0.05) is 0 Å². The van der Waals surface area contributed by atoms with E-state index in [9.17, 15) is 22.4 Å². The van der Waals surface area contributed by atoms with Crippen molar-refractivity contribution in [2.75, 3.05) is 19.6 Å². The molecule has 32 heavy (non-hydrogen) atoms. The van der Waals surface area contributed by atoms with E-state index >= 15 is 0 Å². The molecule has 1 amide bonds. The number of carboxylic acid groups (broad SMARTS) is 1. The number of aromatic nitrogens is 2. The minimum atomic E-state index is -5.08. The van der Waals surface area contributed by atoms with Crippen molar-refractivity contribution in [2.45, 2.75) is 37.9 Å². The summed E-state index contributed by atoms with van der Waals surface area (Å²) in [5, 5.41) is 10.4.